The van der Waals surface area contributed by atoms with Crippen molar-refractivity contribution in [2.45, 2.75) is 0 Å². The molecule has 5 nitrogen and oxygen atoms in total. The van der Waals surface area contributed by atoms with Gasteiger partial charge in [0.05, 0.1) is 0 Å². The third-order valence-electron chi connectivity index (χ3n) is 2.33. The van der Waals surface area contributed by atoms with Crippen LogP contribution in [0.1, 0.15) is 0 Å². The van der Waals surface area contributed by atoms with Crippen molar-refractivity contribution in [1.29, 1.82) is 0 Å². The van der Waals surface area contributed by atoms with Crippen LogP contribution in [-0.2, 0) is 4.57 Å². The van der Waals surface area contributed by atoms with Gasteiger partial charge in [-0.1, -0.05) is 25.3 Å². The number of nitrogens with zero attached hydrogens (tertiary/aromatic N) is 2. The number of hydrogen-bond donors (Lipinski definition) is 2. The van der Waals surface area contributed by atoms with Crippen molar-refractivity contribution in [3.05, 3.63) is 55.9 Å². The Bertz CT molecular complexity index is 585. The Kier molecular flexibility index (Phi) is 9.92. The van der Waals surface area contributed by atoms with Crippen molar-refractivity contribution >= 4 is 35.7 Å². The first-order valence-electron chi connectivity index (χ1n) is 6.36. The van der Waals surface area contributed by atoms with E-state index in [1.54, 1.807) is 25.5 Å². The number of hydrogen-bond acceptors (Lipinski definition) is 4. The fourth-order valence-corrected chi connectivity index (χ4v) is 2.17. The van der Waals surface area contributed by atoms with Crippen LogP contribution < -0.4 is 10.6 Å². The Balaban J connectivity index is 0.000000640. The van der Waals surface area contributed by atoms with Gasteiger partial charge in [-0.2, -0.15) is 10.1 Å². The van der Waals surface area contributed by atoms with Gasteiger partial charge in [0.15, 0.2) is 0 Å². The van der Waals surface area contributed by atoms with E-state index in [2.05, 4.69) is 45.3 Å². The number of aromatic amines is 1. The molecule has 7 heteroatoms. The molecule has 0 unspecified atom stereocenters. The average Bonchev–Trinajstić information content (AvgIpc) is 3.02. The lowest BCUT2D eigenvalue weighted by atomic mass is 10.3. The Morgan fingerprint density at radius 3 is 2.09 bits per heavy atom. The molecule has 1 heterocycles. The number of nitrogens with one attached hydrogen (secondary N) is 2. The number of H-pyrrole nitrogens is 1. The summed E-state index contributed by atoms with van der Waals surface area (Å²) in [6.45, 7) is 10.2. The molecule has 1 aromatic carbocycles. The van der Waals surface area contributed by atoms with E-state index in [1.807, 2.05) is 24.3 Å². The molecule has 0 fully saturated rings. The largest absolute Gasteiger partial charge is 0.325 e. The van der Waals surface area contributed by atoms with Crippen molar-refractivity contribution in [2.24, 2.45) is 0 Å². The molecule has 0 saturated carbocycles. The Morgan fingerprint density at radius 1 is 1.18 bits per heavy atom. The van der Waals surface area contributed by atoms with Gasteiger partial charge in [-0.05, 0) is 37.6 Å². The van der Waals surface area contributed by atoms with Crippen LogP contribution in [0.25, 0.3) is 0 Å². The molecular weight excluding hydrogens is 319 g/mol. The van der Waals surface area contributed by atoms with E-state index in [9.17, 15) is 4.57 Å². The summed E-state index contributed by atoms with van der Waals surface area (Å²) in [5.74, 6) is 0.587. The van der Waals surface area contributed by atoms with Crippen molar-refractivity contribution in [2.75, 3.05) is 25.0 Å². The summed E-state index contributed by atoms with van der Waals surface area (Å²) in [5.41, 5.74) is 0.883. The van der Waals surface area contributed by atoms with Crippen LogP contribution in [-0.4, -0.2) is 34.9 Å². The van der Waals surface area contributed by atoms with E-state index in [0.29, 0.717) is 5.95 Å². The molecule has 0 bridgehead atoms. The summed E-state index contributed by atoms with van der Waals surface area (Å²) in [4.78, 5) is 3.95. The number of benzene rings is 1. The predicted octanol–water partition coefficient (Wildman–Crippen LogP) is 4.01. The van der Waals surface area contributed by atoms with Crippen LogP contribution in [0, 0.1) is 0 Å². The molecule has 2 rings (SSSR count). The van der Waals surface area contributed by atoms with E-state index in [4.69, 9.17) is 0 Å². The summed E-state index contributed by atoms with van der Waals surface area (Å²) < 4.78 is 11.8. The highest BCUT2D eigenvalue weighted by Gasteiger charge is 2.10. The number of allylic oxidation sites excluding steroid dienone is 2. The molecule has 0 aliphatic rings. The zero-order chi connectivity index (χ0) is 17.0. The molecule has 0 amide bonds. The summed E-state index contributed by atoms with van der Waals surface area (Å²) in [5, 5.41) is 10.4. The normalized spacial score (nSPS) is 9.45. The molecule has 2 N–H and O–H groups in total. The van der Waals surface area contributed by atoms with E-state index in [1.165, 1.54) is 12.7 Å². The van der Waals surface area contributed by atoms with Crippen LogP contribution >= 0.6 is 18.7 Å². The van der Waals surface area contributed by atoms with E-state index >= 15 is 0 Å². The molecular formula is C15H22ClN4OP. The molecule has 1 aromatic heterocycles. The van der Waals surface area contributed by atoms with Crippen LogP contribution in [0.5, 0.6) is 0 Å². The van der Waals surface area contributed by atoms with Gasteiger partial charge in [0.1, 0.15) is 13.5 Å². The van der Waals surface area contributed by atoms with Gasteiger partial charge in [0, 0.05) is 17.4 Å². The smallest absolute Gasteiger partial charge is 0.222 e. The number of alkyl halides is 1. The van der Waals surface area contributed by atoms with E-state index < -0.39 is 7.14 Å². The Morgan fingerprint density at radius 2 is 1.73 bits per heavy atom. The lowest BCUT2D eigenvalue weighted by molar-refractivity contribution is 0.588. The minimum atomic E-state index is -2.17. The van der Waals surface area contributed by atoms with Crippen molar-refractivity contribution in [1.82, 2.24) is 15.2 Å². The van der Waals surface area contributed by atoms with Crippen LogP contribution in [0.2, 0.25) is 0 Å². The van der Waals surface area contributed by atoms with Crippen molar-refractivity contribution < 1.29 is 4.57 Å². The zero-order valence-corrected chi connectivity index (χ0v) is 14.7. The number of rotatable bonds is 4. The third kappa shape index (κ3) is 7.81. The Labute approximate surface area is 136 Å². The second-order valence-corrected chi connectivity index (χ2v) is 7.55. The van der Waals surface area contributed by atoms with Crippen LogP contribution in [0.15, 0.2) is 55.9 Å². The molecule has 0 aliphatic carbocycles. The van der Waals surface area contributed by atoms with Gasteiger partial charge in [-0.15, -0.1) is 11.6 Å². The molecule has 0 aliphatic heterocycles. The summed E-state index contributed by atoms with van der Waals surface area (Å²) in [7, 11) is -2.17. The highest BCUT2D eigenvalue weighted by molar-refractivity contribution is 7.70. The van der Waals surface area contributed by atoms with Crippen LogP contribution in [0.4, 0.5) is 11.6 Å². The molecule has 0 spiro atoms. The summed E-state index contributed by atoms with van der Waals surface area (Å²) in [6, 6.07) is 7.47. The molecule has 22 heavy (non-hydrogen) atoms. The predicted molar refractivity (Wildman–Crippen MR) is 97.4 cm³/mol. The quantitative estimate of drug-likeness (QED) is 0.501. The molecule has 120 valence electrons. The number of anilines is 2. The summed E-state index contributed by atoms with van der Waals surface area (Å²) in [6.07, 6.45) is 6.18. The minimum absolute atomic E-state index is 0.587. The zero-order valence-electron chi connectivity index (χ0n) is 13.1. The second-order valence-electron chi connectivity index (χ2n) is 4.33. The average molecular weight is 341 g/mol. The first kappa shape index (κ1) is 20.2. The number of halogens is 1. The van der Waals surface area contributed by atoms with Gasteiger partial charge in [-0.3, -0.25) is 0 Å². The van der Waals surface area contributed by atoms with Crippen molar-refractivity contribution in [3.8, 4) is 0 Å². The maximum absolute atomic E-state index is 11.8. The lowest BCUT2D eigenvalue weighted by Crippen LogP contribution is -2.02. The highest BCUT2D eigenvalue weighted by Crippen LogP contribution is 2.34. The van der Waals surface area contributed by atoms with Crippen LogP contribution in [0.3, 0.4) is 0 Å². The third-order valence-corrected chi connectivity index (χ3v) is 3.88. The standard InChI is InChI=1S/C10H13N4OP.C4H6.CH3Cl/c1-16(2,15)9-5-3-8(4-6-9)13-10-11-7-12-14-10;1-3-4-2;1-2/h3-7H,1-2H3,(H2,11,12,13,14);3-4H,1-2H2;1H3. The maximum atomic E-state index is 11.8. The molecule has 2 aromatic rings. The molecule has 0 radical (unpaired) electrons. The van der Waals surface area contributed by atoms with E-state index in [-0.39, 0.29) is 0 Å². The van der Waals surface area contributed by atoms with Gasteiger partial charge in [0.2, 0.25) is 5.95 Å². The summed E-state index contributed by atoms with van der Waals surface area (Å²) >= 11 is 4.64. The lowest BCUT2D eigenvalue weighted by Gasteiger charge is -2.08. The van der Waals surface area contributed by atoms with Gasteiger partial charge in [0.25, 0.3) is 0 Å². The monoisotopic (exact) mass is 340 g/mol. The highest BCUT2D eigenvalue weighted by atomic mass is 35.5. The maximum Gasteiger partial charge on any atom is 0.222 e. The Hall–Kier alpha value is -1.84. The minimum Gasteiger partial charge on any atom is -0.325 e. The topological polar surface area (TPSA) is 70.7 Å². The van der Waals surface area contributed by atoms with E-state index in [0.717, 1.165) is 11.0 Å². The number of aromatic nitrogens is 3. The van der Waals surface area contributed by atoms with Crippen molar-refractivity contribution in [3.63, 3.8) is 0 Å². The molecule has 0 atom stereocenters. The first-order chi connectivity index (χ1) is 10.5. The second kappa shape index (κ2) is 10.8. The van der Waals surface area contributed by atoms with Gasteiger partial charge in [-0.25, -0.2) is 5.10 Å². The molecule has 0 saturated heterocycles. The van der Waals surface area contributed by atoms with Gasteiger partial charge >= 0.3 is 0 Å². The van der Waals surface area contributed by atoms with Gasteiger partial charge < -0.3 is 9.88 Å². The fraction of sp³-hybridized carbons (Fsp3) is 0.200. The first-order valence-corrected chi connectivity index (χ1v) is 9.72. The fourth-order valence-electron chi connectivity index (χ4n) is 1.31. The SMILES string of the molecule is C=CC=C.CCl.CP(C)(=O)c1ccc(Nc2ncn[nH]2)cc1.